The number of carbonyl (C=O) groups excluding carboxylic acids is 3. The van der Waals surface area contributed by atoms with Crippen molar-refractivity contribution in [2.45, 2.75) is 26.3 Å². The van der Waals surface area contributed by atoms with Crippen molar-refractivity contribution in [2.75, 3.05) is 19.4 Å². The lowest BCUT2D eigenvalue weighted by Gasteiger charge is -2.23. The second-order valence-corrected chi connectivity index (χ2v) is 7.25. The van der Waals surface area contributed by atoms with Gasteiger partial charge in [-0.3, -0.25) is 14.4 Å². The Hall–Kier alpha value is -3.15. The number of hydrogen-bond donors (Lipinski definition) is 2. The molecular weight excluding hydrogens is 354 g/mol. The summed E-state index contributed by atoms with van der Waals surface area (Å²) in [6.07, 6.45) is 0.529. The van der Waals surface area contributed by atoms with Gasteiger partial charge in [0.1, 0.15) is 6.04 Å². The van der Waals surface area contributed by atoms with Crippen LogP contribution in [0.25, 0.3) is 0 Å². The zero-order chi connectivity index (χ0) is 20.7. The molecule has 2 aromatic carbocycles. The van der Waals surface area contributed by atoms with Crippen LogP contribution in [0.5, 0.6) is 0 Å². The van der Waals surface area contributed by atoms with Gasteiger partial charge in [0.15, 0.2) is 0 Å². The summed E-state index contributed by atoms with van der Waals surface area (Å²) < 4.78 is 0. The highest BCUT2D eigenvalue weighted by molar-refractivity contribution is 6.09. The van der Waals surface area contributed by atoms with Gasteiger partial charge in [-0.15, -0.1) is 0 Å². The average Bonchev–Trinajstić information content (AvgIpc) is 2.67. The molecule has 2 aromatic rings. The van der Waals surface area contributed by atoms with E-state index in [1.54, 1.807) is 62.6 Å². The predicted octanol–water partition coefficient (Wildman–Crippen LogP) is 3.17. The monoisotopic (exact) mass is 381 g/mol. The molecule has 0 spiro atoms. The van der Waals surface area contributed by atoms with E-state index in [0.29, 0.717) is 23.2 Å². The van der Waals surface area contributed by atoms with Crippen molar-refractivity contribution in [3.8, 4) is 0 Å². The van der Waals surface area contributed by atoms with Crippen molar-refractivity contribution in [2.24, 2.45) is 5.92 Å². The van der Waals surface area contributed by atoms with Gasteiger partial charge in [-0.2, -0.15) is 0 Å². The average molecular weight is 381 g/mol. The molecule has 0 aliphatic rings. The number of nitrogens with zero attached hydrogens (tertiary/aromatic N) is 1. The number of nitrogens with one attached hydrogen (secondary N) is 2. The molecule has 0 radical (unpaired) electrons. The first-order valence-electron chi connectivity index (χ1n) is 9.27. The Morgan fingerprint density at radius 1 is 0.893 bits per heavy atom. The molecule has 1 unspecified atom stereocenters. The molecule has 0 bridgehead atoms. The molecule has 6 heteroatoms. The van der Waals surface area contributed by atoms with Crippen molar-refractivity contribution >= 4 is 23.4 Å². The lowest BCUT2D eigenvalue weighted by molar-refractivity contribution is -0.131. The van der Waals surface area contributed by atoms with Gasteiger partial charge < -0.3 is 15.5 Å². The molecule has 3 amide bonds. The third-order valence-electron chi connectivity index (χ3n) is 4.21. The summed E-state index contributed by atoms with van der Waals surface area (Å²) in [5.41, 5.74) is 1.21. The smallest absolute Gasteiger partial charge is 0.255 e. The topological polar surface area (TPSA) is 78.5 Å². The molecule has 0 aliphatic heterocycles. The molecule has 28 heavy (non-hydrogen) atoms. The van der Waals surface area contributed by atoms with Crippen LogP contribution in [0.3, 0.4) is 0 Å². The van der Waals surface area contributed by atoms with Crippen molar-refractivity contribution in [3.63, 3.8) is 0 Å². The van der Waals surface area contributed by atoms with E-state index in [1.165, 1.54) is 4.90 Å². The van der Waals surface area contributed by atoms with E-state index in [1.807, 2.05) is 19.9 Å². The van der Waals surface area contributed by atoms with Crippen LogP contribution in [-0.4, -0.2) is 42.8 Å². The standard InChI is InChI=1S/C22H27N3O3/c1-15(2)14-19(22(28)25(3)4)24-21(27)17-12-8-9-13-18(17)23-20(26)16-10-6-5-7-11-16/h5-13,15,19H,14H2,1-4H3,(H,23,26)(H,24,27). The van der Waals surface area contributed by atoms with Crippen LogP contribution < -0.4 is 10.6 Å². The van der Waals surface area contributed by atoms with E-state index in [4.69, 9.17) is 0 Å². The van der Waals surface area contributed by atoms with Crippen molar-refractivity contribution < 1.29 is 14.4 Å². The van der Waals surface area contributed by atoms with Gasteiger partial charge in [0.25, 0.3) is 11.8 Å². The molecule has 0 aromatic heterocycles. The summed E-state index contributed by atoms with van der Waals surface area (Å²) in [5, 5.41) is 5.60. The molecular formula is C22H27N3O3. The summed E-state index contributed by atoms with van der Waals surface area (Å²) in [7, 11) is 3.33. The van der Waals surface area contributed by atoms with E-state index >= 15 is 0 Å². The van der Waals surface area contributed by atoms with Crippen molar-refractivity contribution in [1.82, 2.24) is 10.2 Å². The maximum absolute atomic E-state index is 12.9. The zero-order valence-electron chi connectivity index (χ0n) is 16.7. The highest BCUT2D eigenvalue weighted by atomic mass is 16.2. The maximum Gasteiger partial charge on any atom is 0.255 e. The van der Waals surface area contributed by atoms with Crippen molar-refractivity contribution in [3.05, 3.63) is 65.7 Å². The molecule has 0 saturated heterocycles. The zero-order valence-corrected chi connectivity index (χ0v) is 16.7. The minimum atomic E-state index is -0.625. The van der Waals surface area contributed by atoms with E-state index < -0.39 is 11.9 Å². The van der Waals surface area contributed by atoms with Crippen LogP contribution in [0.1, 0.15) is 41.0 Å². The molecule has 0 saturated carbocycles. The van der Waals surface area contributed by atoms with Gasteiger partial charge in [0, 0.05) is 19.7 Å². The van der Waals surface area contributed by atoms with Crippen LogP contribution in [-0.2, 0) is 4.79 Å². The minimum Gasteiger partial charge on any atom is -0.347 e. The van der Waals surface area contributed by atoms with Gasteiger partial charge in [0.05, 0.1) is 11.3 Å². The largest absolute Gasteiger partial charge is 0.347 e. The number of hydrogen-bond acceptors (Lipinski definition) is 3. The van der Waals surface area contributed by atoms with Gasteiger partial charge in [-0.05, 0) is 36.6 Å². The van der Waals surface area contributed by atoms with Gasteiger partial charge in [-0.25, -0.2) is 0 Å². The van der Waals surface area contributed by atoms with Gasteiger partial charge in [0.2, 0.25) is 5.91 Å². The molecule has 1 atom stereocenters. The number of likely N-dealkylation sites (N-methyl/N-ethyl adjacent to an activating group) is 1. The quantitative estimate of drug-likeness (QED) is 0.773. The SMILES string of the molecule is CC(C)CC(NC(=O)c1ccccc1NC(=O)c1ccccc1)C(=O)N(C)C. The maximum atomic E-state index is 12.9. The van der Waals surface area contributed by atoms with Crippen LogP contribution in [0.15, 0.2) is 54.6 Å². The number of benzene rings is 2. The fourth-order valence-electron chi connectivity index (χ4n) is 2.81. The molecule has 0 fully saturated rings. The first-order valence-corrected chi connectivity index (χ1v) is 9.27. The normalized spacial score (nSPS) is 11.6. The number of amides is 3. The first kappa shape index (κ1) is 21.2. The Kier molecular flexibility index (Phi) is 7.32. The molecule has 2 rings (SSSR count). The van der Waals surface area contributed by atoms with Crippen LogP contribution in [0.2, 0.25) is 0 Å². The predicted molar refractivity (Wildman–Crippen MR) is 110 cm³/mol. The molecule has 148 valence electrons. The summed E-state index contributed by atoms with van der Waals surface area (Å²) >= 11 is 0. The lowest BCUT2D eigenvalue weighted by Crippen LogP contribution is -2.47. The summed E-state index contributed by atoms with van der Waals surface area (Å²) in [6, 6.07) is 14.9. The first-order chi connectivity index (χ1) is 13.3. The summed E-state index contributed by atoms with van der Waals surface area (Å²) in [5.74, 6) is -0.621. The number of para-hydroxylation sites is 1. The van der Waals surface area contributed by atoms with E-state index in [2.05, 4.69) is 10.6 Å². The van der Waals surface area contributed by atoms with Crippen LogP contribution in [0.4, 0.5) is 5.69 Å². The number of carbonyl (C=O) groups is 3. The Labute approximate surface area is 165 Å². The molecule has 0 aliphatic carbocycles. The van der Waals surface area contributed by atoms with Crippen molar-refractivity contribution in [1.29, 1.82) is 0 Å². The minimum absolute atomic E-state index is 0.159. The molecule has 2 N–H and O–H groups in total. The number of rotatable bonds is 7. The van der Waals surface area contributed by atoms with E-state index in [9.17, 15) is 14.4 Å². The van der Waals surface area contributed by atoms with Gasteiger partial charge in [-0.1, -0.05) is 44.2 Å². The Bertz CT molecular complexity index is 832. The van der Waals surface area contributed by atoms with E-state index in [0.717, 1.165) is 0 Å². The highest BCUT2D eigenvalue weighted by Gasteiger charge is 2.25. The third kappa shape index (κ3) is 5.67. The Morgan fingerprint density at radius 3 is 2.11 bits per heavy atom. The number of anilines is 1. The third-order valence-corrected chi connectivity index (χ3v) is 4.21. The lowest BCUT2D eigenvalue weighted by atomic mass is 10.0. The van der Waals surface area contributed by atoms with Crippen LogP contribution >= 0.6 is 0 Å². The van der Waals surface area contributed by atoms with E-state index in [-0.39, 0.29) is 17.7 Å². The highest BCUT2D eigenvalue weighted by Crippen LogP contribution is 2.17. The molecule has 0 heterocycles. The fraction of sp³-hybridized carbons (Fsp3) is 0.318. The Balaban J connectivity index is 2.21. The molecule has 6 nitrogen and oxygen atoms in total. The second-order valence-electron chi connectivity index (χ2n) is 7.25. The van der Waals surface area contributed by atoms with Crippen LogP contribution in [0, 0.1) is 5.92 Å². The van der Waals surface area contributed by atoms with Gasteiger partial charge >= 0.3 is 0 Å². The summed E-state index contributed by atoms with van der Waals surface area (Å²) in [6.45, 7) is 3.99. The second kappa shape index (κ2) is 9.69. The Morgan fingerprint density at radius 2 is 1.50 bits per heavy atom. The summed E-state index contributed by atoms with van der Waals surface area (Å²) in [4.78, 5) is 39.2. The fourth-order valence-corrected chi connectivity index (χ4v) is 2.81.